The fourth-order valence-electron chi connectivity index (χ4n) is 5.73. The first-order valence-corrected chi connectivity index (χ1v) is 12.3. The van der Waals surface area contributed by atoms with Gasteiger partial charge in [0.15, 0.2) is 11.5 Å². The molecule has 4 unspecified atom stereocenters. The van der Waals surface area contributed by atoms with Crippen LogP contribution in [-0.4, -0.2) is 45.8 Å². The monoisotopic (exact) mass is 516 g/mol. The molecule has 9 nitrogen and oxygen atoms in total. The molecule has 196 valence electrons. The summed E-state index contributed by atoms with van der Waals surface area (Å²) in [5.41, 5.74) is 0.341. The Morgan fingerprint density at radius 3 is 2.24 bits per heavy atom. The first-order valence-electron chi connectivity index (χ1n) is 12.3. The molecule has 3 aromatic rings. The average Bonchev–Trinajstić information content (AvgIpc) is 3.39. The summed E-state index contributed by atoms with van der Waals surface area (Å²) < 4.78 is 5.24. The summed E-state index contributed by atoms with van der Waals surface area (Å²) >= 11 is 0. The van der Waals surface area contributed by atoms with Crippen molar-refractivity contribution < 1.29 is 34.4 Å². The molecule has 0 bridgehead atoms. The van der Waals surface area contributed by atoms with Crippen molar-refractivity contribution in [3.8, 4) is 17.2 Å². The Kier molecular flexibility index (Phi) is 6.32. The molecule has 2 aliphatic rings. The number of benzene rings is 3. The first-order chi connectivity index (χ1) is 18.2. The second kappa shape index (κ2) is 9.50. The molecule has 2 fully saturated rings. The Labute approximate surface area is 219 Å². The van der Waals surface area contributed by atoms with Crippen LogP contribution in [0.2, 0.25) is 0 Å². The quantitative estimate of drug-likeness (QED) is 0.352. The number of phenolic OH excluding ortho intramolecular Hbond substituents is 2. The fourth-order valence-corrected chi connectivity index (χ4v) is 5.73. The van der Waals surface area contributed by atoms with Crippen molar-refractivity contribution in [1.82, 2.24) is 5.32 Å². The number of fused-ring (bicyclic) bond motifs is 1. The molecule has 0 radical (unpaired) electrons. The topological polar surface area (TPSA) is 136 Å². The van der Waals surface area contributed by atoms with E-state index in [2.05, 4.69) is 5.32 Å². The van der Waals surface area contributed by atoms with Gasteiger partial charge in [-0.05, 0) is 47.9 Å². The van der Waals surface area contributed by atoms with Crippen molar-refractivity contribution in [2.24, 2.45) is 11.8 Å². The lowest BCUT2D eigenvalue weighted by molar-refractivity contribution is -0.148. The Morgan fingerprint density at radius 2 is 1.63 bits per heavy atom. The Morgan fingerprint density at radius 1 is 0.974 bits per heavy atom. The van der Waals surface area contributed by atoms with E-state index in [1.807, 2.05) is 19.1 Å². The van der Waals surface area contributed by atoms with Crippen molar-refractivity contribution >= 4 is 23.5 Å². The lowest BCUT2D eigenvalue weighted by Crippen LogP contribution is -2.57. The standard InChI is InChI=1S/C29H28N2O7/c1-3-16-7-11-18(12-8-16)31-26(34)22-23(27(31)35)29(28(36)37,15-17-9-13-19(32)14-10-17)30-24(22)20-5-4-6-21(38-2)25(20)33/h4-14,22-24,30,32-33H,3,15H2,1-2H3,(H,36,37). The number of nitrogens with zero attached hydrogens (tertiary/aromatic N) is 1. The lowest BCUT2D eigenvalue weighted by atomic mass is 9.76. The molecule has 5 rings (SSSR count). The van der Waals surface area contributed by atoms with Gasteiger partial charge in [-0.1, -0.05) is 43.3 Å². The first kappa shape index (κ1) is 25.3. The largest absolute Gasteiger partial charge is 0.508 e. The number of anilines is 1. The maximum absolute atomic E-state index is 14.0. The van der Waals surface area contributed by atoms with E-state index in [-0.39, 0.29) is 29.2 Å². The molecule has 0 saturated carbocycles. The zero-order valence-corrected chi connectivity index (χ0v) is 20.9. The predicted molar refractivity (Wildman–Crippen MR) is 138 cm³/mol. The van der Waals surface area contributed by atoms with Gasteiger partial charge in [-0.25, -0.2) is 4.90 Å². The number of methoxy groups -OCH3 is 1. The minimum absolute atomic E-state index is 0.0170. The number of hydrogen-bond acceptors (Lipinski definition) is 7. The van der Waals surface area contributed by atoms with Crippen LogP contribution in [0.5, 0.6) is 17.2 Å². The highest BCUT2D eigenvalue weighted by atomic mass is 16.5. The smallest absolute Gasteiger partial charge is 0.325 e. The Balaban J connectivity index is 1.67. The molecule has 4 atom stereocenters. The summed E-state index contributed by atoms with van der Waals surface area (Å²) in [5, 5.41) is 34.3. The minimum atomic E-state index is -1.87. The molecule has 2 heterocycles. The van der Waals surface area contributed by atoms with Crippen LogP contribution in [-0.2, 0) is 27.2 Å². The van der Waals surface area contributed by atoms with Crippen LogP contribution in [0.15, 0.2) is 66.7 Å². The number of imide groups is 1. The molecule has 0 spiro atoms. The average molecular weight is 517 g/mol. The maximum atomic E-state index is 14.0. The van der Waals surface area contributed by atoms with Gasteiger partial charge >= 0.3 is 5.97 Å². The van der Waals surface area contributed by atoms with E-state index in [1.165, 1.54) is 19.2 Å². The number of carbonyl (C=O) groups is 3. The molecular weight excluding hydrogens is 488 g/mol. The van der Waals surface area contributed by atoms with Crippen molar-refractivity contribution in [2.45, 2.75) is 31.3 Å². The number of aliphatic carboxylic acids is 1. The third-order valence-electron chi connectivity index (χ3n) is 7.64. The van der Waals surface area contributed by atoms with Gasteiger partial charge in [0.2, 0.25) is 11.8 Å². The molecule has 2 amide bonds. The third-order valence-corrected chi connectivity index (χ3v) is 7.64. The molecule has 0 aromatic heterocycles. The van der Waals surface area contributed by atoms with Gasteiger partial charge in [-0.15, -0.1) is 0 Å². The fraction of sp³-hybridized carbons (Fsp3) is 0.276. The minimum Gasteiger partial charge on any atom is -0.508 e. The highest BCUT2D eigenvalue weighted by molar-refractivity contribution is 6.24. The molecule has 9 heteroatoms. The zero-order valence-electron chi connectivity index (χ0n) is 20.9. The van der Waals surface area contributed by atoms with Crippen LogP contribution in [0, 0.1) is 11.8 Å². The normalized spacial score (nSPS) is 24.5. The summed E-state index contributed by atoms with van der Waals surface area (Å²) in [5.74, 6) is -4.87. The van der Waals surface area contributed by atoms with Gasteiger partial charge in [-0.2, -0.15) is 0 Å². The van der Waals surface area contributed by atoms with Gasteiger partial charge in [-0.3, -0.25) is 19.7 Å². The second-order valence-corrected chi connectivity index (χ2v) is 9.68. The highest BCUT2D eigenvalue weighted by Crippen LogP contribution is 2.53. The number of amides is 2. The molecule has 2 aliphatic heterocycles. The highest BCUT2D eigenvalue weighted by Gasteiger charge is 2.69. The van der Waals surface area contributed by atoms with Crippen LogP contribution in [0.25, 0.3) is 0 Å². The predicted octanol–water partition coefficient (Wildman–Crippen LogP) is 3.19. The second-order valence-electron chi connectivity index (χ2n) is 9.68. The Bertz CT molecular complexity index is 1400. The summed E-state index contributed by atoms with van der Waals surface area (Å²) in [6, 6.07) is 16.8. The van der Waals surface area contributed by atoms with Gasteiger partial charge < -0.3 is 20.1 Å². The number of hydrogen-bond donors (Lipinski definition) is 4. The molecule has 2 saturated heterocycles. The number of nitrogens with one attached hydrogen (secondary N) is 1. The number of rotatable bonds is 7. The summed E-state index contributed by atoms with van der Waals surface area (Å²) in [6.45, 7) is 1.99. The lowest BCUT2D eigenvalue weighted by Gasteiger charge is -2.31. The van der Waals surface area contributed by atoms with Crippen molar-refractivity contribution in [3.05, 3.63) is 83.4 Å². The molecule has 4 N–H and O–H groups in total. The number of aromatic hydroxyl groups is 2. The van der Waals surface area contributed by atoms with E-state index in [9.17, 15) is 29.7 Å². The van der Waals surface area contributed by atoms with Crippen LogP contribution < -0.4 is 15.0 Å². The van der Waals surface area contributed by atoms with Crippen LogP contribution in [0.4, 0.5) is 5.69 Å². The van der Waals surface area contributed by atoms with Crippen molar-refractivity contribution in [1.29, 1.82) is 0 Å². The zero-order chi connectivity index (χ0) is 27.2. The van der Waals surface area contributed by atoms with Crippen molar-refractivity contribution in [2.75, 3.05) is 12.0 Å². The van der Waals surface area contributed by atoms with E-state index in [1.54, 1.807) is 42.5 Å². The van der Waals surface area contributed by atoms with Crippen LogP contribution >= 0.6 is 0 Å². The number of ether oxygens (including phenoxy) is 1. The number of para-hydroxylation sites is 1. The number of phenols is 2. The van der Waals surface area contributed by atoms with E-state index < -0.39 is 41.2 Å². The SMILES string of the molecule is CCc1ccc(N2C(=O)C3C(c4cccc(OC)c4O)NC(Cc4ccc(O)cc4)(C(=O)O)C3C2=O)cc1. The van der Waals surface area contributed by atoms with E-state index in [0.717, 1.165) is 16.9 Å². The maximum Gasteiger partial charge on any atom is 0.325 e. The molecule has 3 aromatic carbocycles. The number of carboxylic acid groups (broad SMARTS) is 1. The third kappa shape index (κ3) is 3.86. The Hall–Kier alpha value is -4.37. The van der Waals surface area contributed by atoms with E-state index >= 15 is 0 Å². The molecule has 38 heavy (non-hydrogen) atoms. The number of carboxylic acids is 1. The summed E-state index contributed by atoms with van der Waals surface area (Å²) in [6.07, 6.45) is 0.649. The van der Waals surface area contributed by atoms with Gasteiger partial charge in [0, 0.05) is 18.0 Å². The van der Waals surface area contributed by atoms with Crippen LogP contribution in [0.1, 0.15) is 29.7 Å². The summed E-state index contributed by atoms with van der Waals surface area (Å²) in [7, 11) is 1.39. The van der Waals surface area contributed by atoms with E-state index in [4.69, 9.17) is 4.74 Å². The number of aryl methyl sites for hydroxylation is 1. The van der Waals surface area contributed by atoms with E-state index in [0.29, 0.717) is 11.3 Å². The molecule has 0 aliphatic carbocycles. The summed E-state index contributed by atoms with van der Waals surface area (Å²) in [4.78, 5) is 42.0. The van der Waals surface area contributed by atoms with Gasteiger partial charge in [0.25, 0.3) is 0 Å². The van der Waals surface area contributed by atoms with Gasteiger partial charge in [0.05, 0.1) is 24.6 Å². The number of carbonyl (C=O) groups excluding carboxylic acids is 2. The van der Waals surface area contributed by atoms with Crippen LogP contribution in [0.3, 0.4) is 0 Å². The van der Waals surface area contributed by atoms with Crippen molar-refractivity contribution in [3.63, 3.8) is 0 Å². The van der Waals surface area contributed by atoms with Gasteiger partial charge in [0.1, 0.15) is 11.3 Å². The molecular formula is C29H28N2O7.